The summed E-state index contributed by atoms with van der Waals surface area (Å²) in [5.41, 5.74) is 2.53. The Balaban J connectivity index is 2.34. The van der Waals surface area contributed by atoms with Crippen molar-refractivity contribution in [1.82, 2.24) is 0 Å². The Labute approximate surface area is 140 Å². The normalized spacial score (nSPS) is 11.4. The highest BCUT2D eigenvalue weighted by atomic mass is 79.9. The van der Waals surface area contributed by atoms with E-state index in [4.69, 9.17) is 0 Å². The molecule has 2 aromatic carbocycles. The van der Waals surface area contributed by atoms with Gasteiger partial charge in [0.15, 0.2) is 0 Å². The van der Waals surface area contributed by atoms with Crippen LogP contribution in [0.15, 0.2) is 34.8 Å². The fourth-order valence-corrected chi connectivity index (χ4v) is 2.74. The van der Waals surface area contributed by atoms with E-state index in [1.165, 1.54) is 12.1 Å². The predicted octanol–water partition coefficient (Wildman–Crippen LogP) is 5.65. The third-order valence-electron chi connectivity index (χ3n) is 3.85. The van der Waals surface area contributed by atoms with Gasteiger partial charge in [-0.15, -0.1) is 0 Å². The lowest BCUT2D eigenvalue weighted by Gasteiger charge is -2.14. The van der Waals surface area contributed by atoms with Crippen molar-refractivity contribution in [3.63, 3.8) is 0 Å². The number of hydrogen-bond donors (Lipinski definition) is 1. The number of carbonyl (C=O) groups is 1. The van der Waals surface area contributed by atoms with Gasteiger partial charge in [0, 0.05) is 15.7 Å². The van der Waals surface area contributed by atoms with Crippen LogP contribution in [0.3, 0.4) is 0 Å². The van der Waals surface area contributed by atoms with E-state index < -0.39 is 17.6 Å². The summed E-state index contributed by atoms with van der Waals surface area (Å²) >= 11 is 3.39. The summed E-state index contributed by atoms with van der Waals surface area (Å²) < 4.78 is 39.0. The van der Waals surface area contributed by atoms with Crippen molar-refractivity contribution in [2.24, 2.45) is 0 Å². The molecule has 6 heteroatoms. The number of halogens is 4. The monoisotopic (exact) mass is 385 g/mol. The first-order valence-electron chi connectivity index (χ1n) is 6.86. The zero-order valence-corrected chi connectivity index (χ0v) is 14.4. The quantitative estimate of drug-likeness (QED) is 0.711. The van der Waals surface area contributed by atoms with E-state index in [0.29, 0.717) is 5.56 Å². The second-order valence-electron chi connectivity index (χ2n) is 5.31. The van der Waals surface area contributed by atoms with Crippen LogP contribution in [0.1, 0.15) is 32.6 Å². The number of carbonyl (C=O) groups excluding carboxylic acids is 1. The van der Waals surface area contributed by atoms with Crippen LogP contribution in [0.4, 0.5) is 18.9 Å². The minimum absolute atomic E-state index is 0.110. The molecule has 0 aliphatic rings. The van der Waals surface area contributed by atoms with Gasteiger partial charge in [0.2, 0.25) is 0 Å². The van der Waals surface area contributed by atoms with Gasteiger partial charge in [-0.25, -0.2) is 0 Å². The van der Waals surface area contributed by atoms with Gasteiger partial charge >= 0.3 is 6.18 Å². The van der Waals surface area contributed by atoms with Crippen molar-refractivity contribution < 1.29 is 18.0 Å². The Morgan fingerprint density at radius 3 is 2.30 bits per heavy atom. The van der Waals surface area contributed by atoms with Gasteiger partial charge in [0.05, 0.1) is 5.56 Å². The zero-order chi connectivity index (χ0) is 17.4. The van der Waals surface area contributed by atoms with Crippen molar-refractivity contribution >= 4 is 27.5 Å². The lowest BCUT2D eigenvalue weighted by molar-refractivity contribution is -0.137. The summed E-state index contributed by atoms with van der Waals surface area (Å²) in [6.07, 6.45) is -4.44. The summed E-state index contributed by atoms with van der Waals surface area (Å²) in [6, 6.07) is 6.26. The molecule has 2 rings (SSSR count). The molecule has 0 fully saturated rings. The number of anilines is 1. The molecular formula is C17H15BrF3NO. The molecule has 0 atom stereocenters. The minimum atomic E-state index is -4.44. The lowest BCUT2D eigenvalue weighted by Crippen LogP contribution is -2.15. The smallest absolute Gasteiger partial charge is 0.322 e. The van der Waals surface area contributed by atoms with Crippen LogP contribution in [-0.2, 0) is 6.18 Å². The molecule has 23 heavy (non-hydrogen) atoms. The number of hydrogen-bond acceptors (Lipinski definition) is 1. The minimum Gasteiger partial charge on any atom is -0.322 e. The average Bonchev–Trinajstić information content (AvgIpc) is 2.48. The van der Waals surface area contributed by atoms with Crippen LogP contribution in [-0.4, -0.2) is 5.91 Å². The van der Waals surface area contributed by atoms with Crippen molar-refractivity contribution in [2.45, 2.75) is 26.9 Å². The molecule has 0 spiro atoms. The van der Waals surface area contributed by atoms with Gasteiger partial charge in [0.1, 0.15) is 0 Å². The van der Waals surface area contributed by atoms with E-state index in [2.05, 4.69) is 21.2 Å². The van der Waals surface area contributed by atoms with Crippen molar-refractivity contribution in [3.8, 4) is 0 Å². The molecule has 122 valence electrons. The predicted molar refractivity (Wildman–Crippen MR) is 87.8 cm³/mol. The van der Waals surface area contributed by atoms with E-state index in [1.807, 2.05) is 20.8 Å². The van der Waals surface area contributed by atoms with E-state index >= 15 is 0 Å². The summed E-state index contributed by atoms with van der Waals surface area (Å²) in [7, 11) is 0. The van der Waals surface area contributed by atoms with Crippen LogP contribution in [0.2, 0.25) is 0 Å². The first kappa shape index (κ1) is 17.5. The number of benzene rings is 2. The standard InChI is InChI=1S/C17H15BrF3NO/c1-9-10(2)14(8-15(18)11(9)3)16(23)22-13-6-4-5-12(7-13)17(19,20)21/h4-8H,1-3H3,(H,22,23). The Morgan fingerprint density at radius 1 is 1.04 bits per heavy atom. The first-order valence-corrected chi connectivity index (χ1v) is 7.65. The molecule has 2 aromatic rings. The van der Waals surface area contributed by atoms with Gasteiger partial charge in [-0.3, -0.25) is 4.79 Å². The highest BCUT2D eigenvalue weighted by Gasteiger charge is 2.30. The maximum atomic E-state index is 12.7. The Hall–Kier alpha value is -1.82. The second kappa shape index (κ2) is 6.35. The summed E-state index contributed by atoms with van der Waals surface area (Å²) in [5, 5.41) is 2.53. The van der Waals surface area contributed by atoms with E-state index in [0.717, 1.165) is 33.3 Å². The largest absolute Gasteiger partial charge is 0.416 e. The Bertz CT molecular complexity index is 769. The zero-order valence-electron chi connectivity index (χ0n) is 12.8. The highest BCUT2D eigenvalue weighted by molar-refractivity contribution is 9.10. The third kappa shape index (κ3) is 3.75. The van der Waals surface area contributed by atoms with E-state index in [1.54, 1.807) is 6.07 Å². The Morgan fingerprint density at radius 2 is 1.70 bits per heavy atom. The molecule has 0 bridgehead atoms. The Kier molecular flexibility index (Phi) is 4.84. The topological polar surface area (TPSA) is 29.1 Å². The molecule has 1 amide bonds. The molecule has 2 nitrogen and oxygen atoms in total. The van der Waals surface area contributed by atoms with Crippen LogP contribution < -0.4 is 5.32 Å². The summed E-state index contributed by atoms with van der Waals surface area (Å²) in [5.74, 6) is -0.439. The molecule has 0 heterocycles. The maximum absolute atomic E-state index is 12.7. The van der Waals surface area contributed by atoms with Crippen LogP contribution in [0, 0.1) is 20.8 Å². The van der Waals surface area contributed by atoms with Crippen LogP contribution in [0.5, 0.6) is 0 Å². The number of amides is 1. The van der Waals surface area contributed by atoms with Crippen LogP contribution in [0.25, 0.3) is 0 Å². The maximum Gasteiger partial charge on any atom is 0.416 e. The molecule has 0 aromatic heterocycles. The molecule has 0 saturated carbocycles. The molecule has 0 aliphatic heterocycles. The fourth-order valence-electron chi connectivity index (χ4n) is 2.21. The lowest BCUT2D eigenvalue weighted by atomic mass is 9.98. The molecule has 0 unspecified atom stereocenters. The van der Waals surface area contributed by atoms with Gasteiger partial charge in [0.25, 0.3) is 5.91 Å². The van der Waals surface area contributed by atoms with Crippen molar-refractivity contribution in [1.29, 1.82) is 0 Å². The van der Waals surface area contributed by atoms with Gasteiger partial charge in [-0.2, -0.15) is 13.2 Å². The van der Waals surface area contributed by atoms with E-state index in [-0.39, 0.29) is 5.69 Å². The SMILES string of the molecule is Cc1c(Br)cc(C(=O)Nc2cccc(C(F)(F)F)c2)c(C)c1C. The summed E-state index contributed by atoms with van der Waals surface area (Å²) in [6.45, 7) is 5.65. The highest BCUT2D eigenvalue weighted by Crippen LogP contribution is 2.31. The molecule has 0 radical (unpaired) electrons. The first-order chi connectivity index (χ1) is 10.6. The van der Waals surface area contributed by atoms with Gasteiger partial charge in [-0.05, 0) is 61.7 Å². The number of nitrogens with one attached hydrogen (secondary N) is 1. The molecule has 0 aliphatic carbocycles. The molecular weight excluding hydrogens is 371 g/mol. The molecule has 0 saturated heterocycles. The third-order valence-corrected chi connectivity index (χ3v) is 4.67. The summed E-state index contributed by atoms with van der Waals surface area (Å²) in [4.78, 5) is 12.4. The second-order valence-corrected chi connectivity index (χ2v) is 6.17. The van der Waals surface area contributed by atoms with Crippen LogP contribution >= 0.6 is 15.9 Å². The fraction of sp³-hybridized carbons (Fsp3) is 0.235. The van der Waals surface area contributed by atoms with Crippen molar-refractivity contribution in [2.75, 3.05) is 5.32 Å². The molecule has 1 N–H and O–H groups in total. The van der Waals surface area contributed by atoms with Gasteiger partial charge < -0.3 is 5.32 Å². The number of alkyl halides is 3. The van der Waals surface area contributed by atoms with E-state index in [9.17, 15) is 18.0 Å². The van der Waals surface area contributed by atoms with Gasteiger partial charge in [-0.1, -0.05) is 22.0 Å². The number of rotatable bonds is 2. The average molecular weight is 386 g/mol. The van der Waals surface area contributed by atoms with Crippen molar-refractivity contribution in [3.05, 3.63) is 62.6 Å².